The number of hydrogen-bond acceptors (Lipinski definition) is 3. The minimum atomic E-state index is -4.32. The van der Waals surface area contributed by atoms with E-state index < -0.39 is 18.9 Å². The van der Waals surface area contributed by atoms with E-state index >= 15 is 0 Å². The first-order valence-corrected chi connectivity index (χ1v) is 6.97. The molecule has 1 unspecified atom stereocenters. The van der Waals surface area contributed by atoms with Crippen LogP contribution in [0.4, 0.5) is 13.2 Å². The number of hydrogen-bond donors (Lipinski definition) is 1. The summed E-state index contributed by atoms with van der Waals surface area (Å²) >= 11 is 7.87. The van der Waals surface area contributed by atoms with Crippen LogP contribution in [-0.2, 0) is 4.74 Å². The highest BCUT2D eigenvalue weighted by Gasteiger charge is 2.27. The van der Waals surface area contributed by atoms with E-state index in [2.05, 4.69) is 36.6 Å². The first-order chi connectivity index (χ1) is 7.79. The highest BCUT2D eigenvalue weighted by molar-refractivity contribution is 9.13. The number of aliphatic hydroxyl groups excluding tert-OH is 1. The van der Waals surface area contributed by atoms with E-state index in [1.807, 2.05) is 0 Å². The van der Waals surface area contributed by atoms with Crippen molar-refractivity contribution in [2.75, 3.05) is 13.2 Å². The summed E-state index contributed by atoms with van der Waals surface area (Å²) in [5, 5.41) is 9.70. The van der Waals surface area contributed by atoms with Crippen molar-refractivity contribution in [1.29, 1.82) is 0 Å². The smallest absolute Gasteiger partial charge is 0.387 e. The van der Waals surface area contributed by atoms with Crippen molar-refractivity contribution in [1.82, 2.24) is 0 Å². The number of aliphatic hydroxyl groups is 1. The molecule has 98 valence electrons. The zero-order chi connectivity index (χ0) is 13.1. The Bertz CT molecular complexity index is 348. The molecular formula is C9H9Br2F3O2S. The minimum Gasteiger partial charge on any atom is -0.387 e. The highest BCUT2D eigenvalue weighted by Crippen LogP contribution is 2.36. The summed E-state index contributed by atoms with van der Waals surface area (Å²) in [6.07, 6.45) is -4.99. The number of halogens is 5. The molecule has 17 heavy (non-hydrogen) atoms. The molecule has 0 spiro atoms. The Kier molecular flexibility index (Phi) is 5.91. The highest BCUT2D eigenvalue weighted by atomic mass is 79.9. The maximum absolute atomic E-state index is 11.8. The summed E-state index contributed by atoms with van der Waals surface area (Å²) in [6.45, 7) is -1.41. The van der Waals surface area contributed by atoms with Crippen molar-refractivity contribution in [2.24, 2.45) is 0 Å². The second-order valence-corrected chi connectivity index (χ2v) is 6.50. The van der Waals surface area contributed by atoms with Crippen LogP contribution >= 0.6 is 43.2 Å². The van der Waals surface area contributed by atoms with Crippen LogP contribution in [0.25, 0.3) is 0 Å². The van der Waals surface area contributed by atoms with Crippen molar-refractivity contribution in [3.63, 3.8) is 0 Å². The lowest BCUT2D eigenvalue weighted by atomic mass is 10.2. The Morgan fingerprint density at radius 1 is 1.41 bits per heavy atom. The lowest BCUT2D eigenvalue weighted by molar-refractivity contribution is -0.175. The molecule has 1 aromatic rings. The lowest BCUT2D eigenvalue weighted by Crippen LogP contribution is -2.18. The fourth-order valence-corrected chi connectivity index (χ4v) is 3.16. The third-order valence-corrected chi connectivity index (χ3v) is 5.15. The topological polar surface area (TPSA) is 29.5 Å². The van der Waals surface area contributed by atoms with E-state index in [1.165, 1.54) is 11.3 Å². The lowest BCUT2D eigenvalue weighted by Gasteiger charge is -2.10. The normalized spacial score (nSPS) is 14.0. The molecule has 8 heteroatoms. The van der Waals surface area contributed by atoms with Crippen molar-refractivity contribution in [2.45, 2.75) is 18.7 Å². The molecule has 0 aliphatic carbocycles. The Morgan fingerprint density at radius 3 is 2.53 bits per heavy atom. The van der Waals surface area contributed by atoms with Gasteiger partial charge in [0.25, 0.3) is 0 Å². The van der Waals surface area contributed by atoms with E-state index in [-0.39, 0.29) is 13.0 Å². The van der Waals surface area contributed by atoms with Gasteiger partial charge in [-0.25, -0.2) is 0 Å². The second kappa shape index (κ2) is 6.51. The van der Waals surface area contributed by atoms with Gasteiger partial charge < -0.3 is 9.84 Å². The molecule has 1 atom stereocenters. The van der Waals surface area contributed by atoms with Gasteiger partial charge in [-0.15, -0.1) is 11.3 Å². The standard InChI is InChI=1S/C9H9Br2F3O2S/c10-5-3-7(17-8(5)11)6(15)1-2-16-4-9(12,13)14/h3,6,15H,1-2,4H2. The Labute approximate surface area is 117 Å². The summed E-state index contributed by atoms with van der Waals surface area (Å²) in [7, 11) is 0. The van der Waals surface area contributed by atoms with Gasteiger partial charge in [-0.05, 0) is 37.9 Å². The van der Waals surface area contributed by atoms with Crippen LogP contribution in [0.1, 0.15) is 17.4 Å². The van der Waals surface area contributed by atoms with Gasteiger partial charge in [-0.2, -0.15) is 13.2 Å². The molecule has 0 aliphatic heterocycles. The van der Waals surface area contributed by atoms with Gasteiger partial charge in [0.1, 0.15) is 6.61 Å². The minimum absolute atomic E-state index is 0.131. The van der Waals surface area contributed by atoms with E-state index in [9.17, 15) is 18.3 Å². The molecule has 0 bridgehead atoms. The molecule has 0 amide bonds. The van der Waals surface area contributed by atoms with Gasteiger partial charge in [-0.1, -0.05) is 0 Å². The SMILES string of the molecule is OC(CCOCC(F)(F)F)c1cc(Br)c(Br)s1. The molecule has 0 aliphatic rings. The van der Waals surface area contributed by atoms with Crippen LogP contribution in [0.2, 0.25) is 0 Å². The monoisotopic (exact) mass is 396 g/mol. The van der Waals surface area contributed by atoms with Gasteiger partial charge in [0.15, 0.2) is 0 Å². The molecule has 0 aromatic carbocycles. The number of thiophene rings is 1. The predicted molar refractivity (Wildman–Crippen MR) is 66.2 cm³/mol. The molecule has 1 aromatic heterocycles. The maximum atomic E-state index is 11.8. The molecule has 1 rings (SSSR count). The van der Waals surface area contributed by atoms with Crippen molar-refractivity contribution in [3.8, 4) is 0 Å². The summed E-state index contributed by atoms with van der Waals surface area (Å²) in [6, 6.07) is 1.73. The summed E-state index contributed by atoms with van der Waals surface area (Å²) in [5.41, 5.74) is 0. The van der Waals surface area contributed by atoms with E-state index in [0.29, 0.717) is 4.88 Å². The zero-order valence-electron chi connectivity index (χ0n) is 8.43. The average Bonchev–Trinajstić information content (AvgIpc) is 2.52. The second-order valence-electron chi connectivity index (χ2n) is 3.24. The predicted octanol–water partition coefficient (Wildman–Crippen LogP) is 4.28. The van der Waals surface area contributed by atoms with Crippen molar-refractivity contribution in [3.05, 3.63) is 19.2 Å². The van der Waals surface area contributed by atoms with Crippen LogP contribution in [0.15, 0.2) is 14.3 Å². The Hall–Kier alpha value is 0.370. The first-order valence-electron chi connectivity index (χ1n) is 4.57. The van der Waals surface area contributed by atoms with Crippen LogP contribution in [0.5, 0.6) is 0 Å². The van der Waals surface area contributed by atoms with Gasteiger partial charge in [-0.3, -0.25) is 0 Å². The maximum Gasteiger partial charge on any atom is 0.411 e. The van der Waals surface area contributed by atoms with E-state index in [4.69, 9.17) is 0 Å². The third-order valence-electron chi connectivity index (χ3n) is 1.79. The molecule has 0 saturated heterocycles. The van der Waals surface area contributed by atoms with Crippen molar-refractivity contribution < 1.29 is 23.0 Å². The molecule has 1 heterocycles. The fraction of sp³-hybridized carbons (Fsp3) is 0.556. The van der Waals surface area contributed by atoms with Crippen LogP contribution in [-0.4, -0.2) is 24.5 Å². The molecule has 2 nitrogen and oxygen atoms in total. The zero-order valence-corrected chi connectivity index (χ0v) is 12.4. The van der Waals surface area contributed by atoms with Crippen LogP contribution in [0, 0.1) is 0 Å². The third kappa shape index (κ3) is 5.69. The average molecular weight is 398 g/mol. The van der Waals surface area contributed by atoms with Gasteiger partial charge >= 0.3 is 6.18 Å². The quantitative estimate of drug-likeness (QED) is 0.751. The van der Waals surface area contributed by atoms with Gasteiger partial charge in [0.05, 0.1) is 9.89 Å². The van der Waals surface area contributed by atoms with Crippen LogP contribution in [0.3, 0.4) is 0 Å². The fourth-order valence-electron chi connectivity index (χ4n) is 1.05. The molecule has 0 fully saturated rings. The first kappa shape index (κ1) is 15.4. The molecular weight excluding hydrogens is 389 g/mol. The molecule has 1 N–H and O–H groups in total. The summed E-state index contributed by atoms with van der Waals surface area (Å²) < 4.78 is 41.4. The Balaban J connectivity index is 2.33. The molecule has 0 radical (unpaired) electrons. The number of ether oxygens (including phenoxy) is 1. The van der Waals surface area contributed by atoms with Gasteiger partial charge in [0.2, 0.25) is 0 Å². The van der Waals surface area contributed by atoms with Crippen LogP contribution < -0.4 is 0 Å². The number of alkyl halides is 3. The summed E-state index contributed by atoms with van der Waals surface area (Å²) in [4.78, 5) is 0.680. The summed E-state index contributed by atoms with van der Waals surface area (Å²) in [5.74, 6) is 0. The van der Waals surface area contributed by atoms with Crippen molar-refractivity contribution >= 4 is 43.2 Å². The number of rotatable bonds is 5. The Morgan fingerprint density at radius 2 is 2.06 bits per heavy atom. The largest absolute Gasteiger partial charge is 0.411 e. The van der Waals surface area contributed by atoms with E-state index in [1.54, 1.807) is 6.07 Å². The van der Waals surface area contributed by atoms with Gasteiger partial charge in [0, 0.05) is 22.4 Å². The molecule has 0 saturated carbocycles. The van der Waals surface area contributed by atoms with E-state index in [0.717, 1.165) is 8.26 Å².